The van der Waals surface area contributed by atoms with E-state index in [1.54, 1.807) is 29.2 Å². The first-order valence-electron chi connectivity index (χ1n) is 5.86. The molecule has 0 aromatic heterocycles. The zero-order valence-corrected chi connectivity index (χ0v) is 10.6. The third-order valence-corrected chi connectivity index (χ3v) is 3.49. The van der Waals surface area contributed by atoms with Gasteiger partial charge >= 0.3 is 5.97 Å². The molecular weight excluding hydrogens is 254 g/mol. The SMILES string of the molecule is O=C(O)[C@@H]1CCCN(C(=O)c2ccccc2Cl)C1. The molecule has 0 radical (unpaired) electrons. The number of carbonyl (C=O) groups is 2. The molecule has 1 fully saturated rings. The number of hydrogen-bond donors (Lipinski definition) is 1. The lowest BCUT2D eigenvalue weighted by molar-refractivity contribution is -0.143. The lowest BCUT2D eigenvalue weighted by Gasteiger charge is -2.30. The Hall–Kier alpha value is -1.55. The van der Waals surface area contributed by atoms with Gasteiger partial charge in [0.1, 0.15) is 0 Å². The Morgan fingerprint density at radius 1 is 1.33 bits per heavy atom. The van der Waals surface area contributed by atoms with Crippen LogP contribution in [0.2, 0.25) is 5.02 Å². The van der Waals surface area contributed by atoms with Gasteiger partial charge in [0.15, 0.2) is 0 Å². The van der Waals surface area contributed by atoms with Crippen LogP contribution in [0.15, 0.2) is 24.3 Å². The normalized spacial score (nSPS) is 19.6. The van der Waals surface area contributed by atoms with Gasteiger partial charge in [-0.1, -0.05) is 23.7 Å². The number of carboxylic acids is 1. The molecule has 5 heteroatoms. The quantitative estimate of drug-likeness (QED) is 0.894. The molecule has 18 heavy (non-hydrogen) atoms. The van der Waals surface area contributed by atoms with E-state index in [2.05, 4.69) is 0 Å². The van der Waals surface area contributed by atoms with E-state index in [0.29, 0.717) is 30.0 Å². The fourth-order valence-electron chi connectivity index (χ4n) is 2.17. The van der Waals surface area contributed by atoms with Crippen molar-refractivity contribution < 1.29 is 14.7 Å². The van der Waals surface area contributed by atoms with Crippen LogP contribution in [0.3, 0.4) is 0 Å². The van der Waals surface area contributed by atoms with Gasteiger partial charge in [0.2, 0.25) is 0 Å². The van der Waals surface area contributed by atoms with Gasteiger partial charge in [-0.05, 0) is 25.0 Å². The van der Waals surface area contributed by atoms with E-state index in [4.69, 9.17) is 16.7 Å². The number of carbonyl (C=O) groups excluding carboxylic acids is 1. The van der Waals surface area contributed by atoms with Crippen molar-refractivity contribution in [3.63, 3.8) is 0 Å². The standard InChI is InChI=1S/C13H14ClNO3/c14-11-6-2-1-5-10(11)12(16)15-7-3-4-9(8-15)13(17)18/h1-2,5-6,9H,3-4,7-8H2,(H,17,18)/t9-/m1/s1. The number of likely N-dealkylation sites (tertiary alicyclic amines) is 1. The van der Waals surface area contributed by atoms with Crippen molar-refractivity contribution in [3.05, 3.63) is 34.9 Å². The maximum Gasteiger partial charge on any atom is 0.308 e. The summed E-state index contributed by atoms with van der Waals surface area (Å²) in [5.74, 6) is -1.50. The maximum absolute atomic E-state index is 12.2. The Kier molecular flexibility index (Phi) is 3.87. The van der Waals surface area contributed by atoms with Crippen molar-refractivity contribution in [2.45, 2.75) is 12.8 Å². The molecule has 1 aromatic rings. The van der Waals surface area contributed by atoms with Crippen LogP contribution in [-0.2, 0) is 4.79 Å². The van der Waals surface area contributed by atoms with Crippen LogP contribution in [0.4, 0.5) is 0 Å². The number of aliphatic carboxylic acids is 1. The third kappa shape index (κ3) is 2.64. The van der Waals surface area contributed by atoms with Crippen LogP contribution in [-0.4, -0.2) is 35.0 Å². The second-order valence-electron chi connectivity index (χ2n) is 4.41. The summed E-state index contributed by atoms with van der Waals surface area (Å²) in [5.41, 5.74) is 0.435. The molecular formula is C13H14ClNO3. The van der Waals surface area contributed by atoms with E-state index in [1.165, 1.54) is 0 Å². The van der Waals surface area contributed by atoms with E-state index >= 15 is 0 Å². The summed E-state index contributed by atoms with van der Waals surface area (Å²) in [7, 11) is 0. The number of carboxylic acid groups (broad SMARTS) is 1. The number of halogens is 1. The van der Waals surface area contributed by atoms with Gasteiger partial charge in [0.05, 0.1) is 16.5 Å². The fourth-order valence-corrected chi connectivity index (χ4v) is 2.38. The van der Waals surface area contributed by atoms with Gasteiger partial charge in [-0.25, -0.2) is 0 Å². The van der Waals surface area contributed by atoms with Crippen molar-refractivity contribution >= 4 is 23.5 Å². The molecule has 1 atom stereocenters. The molecule has 0 saturated carbocycles. The smallest absolute Gasteiger partial charge is 0.308 e. The van der Waals surface area contributed by atoms with Crippen LogP contribution in [0.25, 0.3) is 0 Å². The Labute approximate surface area is 110 Å². The van der Waals surface area contributed by atoms with Gasteiger partial charge in [0.25, 0.3) is 5.91 Å². The molecule has 0 bridgehead atoms. The van der Waals surface area contributed by atoms with Crippen LogP contribution < -0.4 is 0 Å². The van der Waals surface area contributed by atoms with Gasteiger partial charge < -0.3 is 10.0 Å². The lowest BCUT2D eigenvalue weighted by atomic mass is 9.97. The average molecular weight is 268 g/mol. The Morgan fingerprint density at radius 2 is 2.06 bits per heavy atom. The highest BCUT2D eigenvalue weighted by Gasteiger charge is 2.29. The third-order valence-electron chi connectivity index (χ3n) is 3.16. The monoisotopic (exact) mass is 267 g/mol. The first kappa shape index (κ1) is 12.9. The second kappa shape index (κ2) is 5.40. The highest BCUT2D eigenvalue weighted by Crippen LogP contribution is 2.22. The number of benzene rings is 1. The van der Waals surface area contributed by atoms with Crippen LogP contribution >= 0.6 is 11.6 Å². The van der Waals surface area contributed by atoms with Crippen molar-refractivity contribution in [3.8, 4) is 0 Å². The minimum absolute atomic E-state index is 0.188. The first-order valence-corrected chi connectivity index (χ1v) is 6.24. The molecule has 2 rings (SSSR count). The molecule has 1 aliphatic rings. The molecule has 0 aliphatic carbocycles. The summed E-state index contributed by atoms with van der Waals surface area (Å²) in [4.78, 5) is 24.8. The fraction of sp³-hybridized carbons (Fsp3) is 0.385. The highest BCUT2D eigenvalue weighted by atomic mass is 35.5. The first-order chi connectivity index (χ1) is 8.59. The van der Waals surface area contributed by atoms with Gasteiger partial charge in [0, 0.05) is 13.1 Å². The molecule has 0 unspecified atom stereocenters. The summed E-state index contributed by atoms with van der Waals surface area (Å²) in [5, 5.41) is 9.40. The molecule has 1 aromatic carbocycles. The molecule has 1 aliphatic heterocycles. The number of rotatable bonds is 2. The van der Waals surface area contributed by atoms with Crippen molar-refractivity contribution in [1.82, 2.24) is 4.90 Å². The topological polar surface area (TPSA) is 57.6 Å². The molecule has 0 spiro atoms. The average Bonchev–Trinajstić information content (AvgIpc) is 2.38. The maximum atomic E-state index is 12.2. The predicted molar refractivity (Wildman–Crippen MR) is 67.7 cm³/mol. The summed E-state index contributed by atoms with van der Waals surface area (Å²) in [6.07, 6.45) is 1.34. The van der Waals surface area contributed by atoms with Crippen molar-refractivity contribution in [1.29, 1.82) is 0 Å². The van der Waals surface area contributed by atoms with E-state index in [0.717, 1.165) is 0 Å². The zero-order chi connectivity index (χ0) is 13.1. The van der Waals surface area contributed by atoms with Gasteiger partial charge in [-0.2, -0.15) is 0 Å². The molecule has 1 amide bonds. The Balaban J connectivity index is 2.14. The van der Waals surface area contributed by atoms with E-state index in [-0.39, 0.29) is 12.5 Å². The van der Waals surface area contributed by atoms with Crippen LogP contribution in [0.1, 0.15) is 23.2 Å². The van der Waals surface area contributed by atoms with E-state index < -0.39 is 11.9 Å². The number of amides is 1. The summed E-state index contributed by atoms with van der Waals surface area (Å²) in [6.45, 7) is 0.854. The van der Waals surface area contributed by atoms with E-state index in [9.17, 15) is 9.59 Å². The lowest BCUT2D eigenvalue weighted by Crippen LogP contribution is -2.42. The minimum Gasteiger partial charge on any atom is -0.481 e. The molecule has 1 N–H and O–H groups in total. The van der Waals surface area contributed by atoms with E-state index in [1.807, 2.05) is 0 Å². The predicted octanol–water partition coefficient (Wildman–Crippen LogP) is 2.28. The highest BCUT2D eigenvalue weighted by molar-refractivity contribution is 6.33. The number of hydrogen-bond acceptors (Lipinski definition) is 2. The van der Waals surface area contributed by atoms with Crippen molar-refractivity contribution in [2.24, 2.45) is 5.92 Å². The van der Waals surface area contributed by atoms with Crippen molar-refractivity contribution in [2.75, 3.05) is 13.1 Å². The number of nitrogens with zero attached hydrogens (tertiary/aromatic N) is 1. The summed E-state index contributed by atoms with van der Waals surface area (Å²) in [6, 6.07) is 6.83. The van der Waals surface area contributed by atoms with Crippen LogP contribution in [0, 0.1) is 5.92 Å². The zero-order valence-electron chi connectivity index (χ0n) is 9.80. The Morgan fingerprint density at radius 3 is 2.72 bits per heavy atom. The number of piperidine rings is 1. The molecule has 1 heterocycles. The van der Waals surface area contributed by atoms with Gasteiger partial charge in [-0.3, -0.25) is 9.59 Å². The molecule has 1 saturated heterocycles. The van der Waals surface area contributed by atoms with Gasteiger partial charge in [-0.15, -0.1) is 0 Å². The largest absolute Gasteiger partial charge is 0.481 e. The minimum atomic E-state index is -0.841. The molecule has 96 valence electrons. The molecule has 4 nitrogen and oxygen atoms in total. The summed E-state index contributed by atoms with van der Waals surface area (Å²) >= 11 is 5.97. The Bertz CT molecular complexity index is 475. The second-order valence-corrected chi connectivity index (χ2v) is 4.82. The van der Waals surface area contributed by atoms with Crippen LogP contribution in [0.5, 0.6) is 0 Å². The summed E-state index contributed by atoms with van der Waals surface area (Å²) < 4.78 is 0.